The number of piperidine rings is 1. The third-order valence-electron chi connectivity index (χ3n) is 4.31. The van der Waals surface area contributed by atoms with Crippen molar-refractivity contribution in [3.05, 3.63) is 35.9 Å². The molecule has 1 heterocycles. The third kappa shape index (κ3) is 4.06. The summed E-state index contributed by atoms with van der Waals surface area (Å²) in [5, 5.41) is 9.11. The molecule has 4 heteroatoms. The summed E-state index contributed by atoms with van der Waals surface area (Å²) in [5.41, 5.74) is 1.18. The average molecular weight is 289 g/mol. The lowest BCUT2D eigenvalue weighted by Gasteiger charge is -2.31. The molecule has 0 aliphatic carbocycles. The highest BCUT2D eigenvalue weighted by atomic mass is 16.4. The fourth-order valence-electron chi connectivity index (χ4n) is 2.97. The summed E-state index contributed by atoms with van der Waals surface area (Å²) in [6, 6.07) is 10.1. The number of aliphatic carboxylic acids is 1. The van der Waals surface area contributed by atoms with Gasteiger partial charge in [-0.3, -0.25) is 9.59 Å². The zero-order valence-corrected chi connectivity index (χ0v) is 12.5. The van der Waals surface area contributed by atoms with E-state index in [2.05, 4.69) is 19.1 Å². The molecule has 0 radical (unpaired) electrons. The van der Waals surface area contributed by atoms with Gasteiger partial charge in [-0.15, -0.1) is 0 Å². The molecule has 21 heavy (non-hydrogen) atoms. The van der Waals surface area contributed by atoms with Crippen molar-refractivity contribution in [3.63, 3.8) is 0 Å². The van der Waals surface area contributed by atoms with Crippen LogP contribution >= 0.6 is 0 Å². The quantitative estimate of drug-likeness (QED) is 0.906. The number of hydrogen-bond acceptors (Lipinski definition) is 2. The van der Waals surface area contributed by atoms with Crippen molar-refractivity contribution in [1.29, 1.82) is 0 Å². The largest absolute Gasteiger partial charge is 0.481 e. The molecule has 1 N–H and O–H groups in total. The molecule has 0 aromatic heterocycles. The molecule has 1 amide bonds. The van der Waals surface area contributed by atoms with Gasteiger partial charge in [-0.1, -0.05) is 37.3 Å². The van der Waals surface area contributed by atoms with Gasteiger partial charge >= 0.3 is 5.97 Å². The standard InChI is InChI=1S/C17H23NO3/c1-2-13(14-7-4-3-5-8-14)11-16(19)18-10-6-9-15(12-18)17(20)21/h3-5,7-8,13,15H,2,6,9-12H2,1H3,(H,20,21)/t13?,15-/m0/s1. The molecule has 1 saturated heterocycles. The molecule has 4 nitrogen and oxygen atoms in total. The Morgan fingerprint density at radius 3 is 2.67 bits per heavy atom. The van der Waals surface area contributed by atoms with Crippen molar-refractivity contribution in [2.75, 3.05) is 13.1 Å². The van der Waals surface area contributed by atoms with Gasteiger partial charge < -0.3 is 10.0 Å². The maximum Gasteiger partial charge on any atom is 0.308 e. The van der Waals surface area contributed by atoms with E-state index in [1.54, 1.807) is 4.90 Å². The molecule has 2 atom stereocenters. The first-order valence-corrected chi connectivity index (χ1v) is 7.67. The first-order valence-electron chi connectivity index (χ1n) is 7.67. The number of carbonyl (C=O) groups excluding carboxylic acids is 1. The van der Waals surface area contributed by atoms with Gasteiger partial charge in [0, 0.05) is 19.5 Å². The number of likely N-dealkylation sites (tertiary alicyclic amines) is 1. The highest BCUT2D eigenvalue weighted by Gasteiger charge is 2.29. The molecule has 0 bridgehead atoms. The summed E-state index contributed by atoms with van der Waals surface area (Å²) >= 11 is 0. The fraction of sp³-hybridized carbons (Fsp3) is 0.529. The van der Waals surface area contributed by atoms with Crippen molar-refractivity contribution in [2.24, 2.45) is 5.92 Å². The second-order valence-electron chi connectivity index (χ2n) is 5.74. The number of benzene rings is 1. The summed E-state index contributed by atoms with van der Waals surface area (Å²) in [4.78, 5) is 25.3. The van der Waals surface area contributed by atoms with Gasteiger partial charge in [0.15, 0.2) is 0 Å². The summed E-state index contributed by atoms with van der Waals surface area (Å²) in [6.45, 7) is 3.13. The Hall–Kier alpha value is -1.84. The van der Waals surface area contributed by atoms with E-state index in [0.29, 0.717) is 25.9 Å². The second-order valence-corrected chi connectivity index (χ2v) is 5.74. The summed E-state index contributed by atoms with van der Waals surface area (Å²) in [6.07, 6.45) is 2.83. The minimum atomic E-state index is -0.789. The molecular formula is C17H23NO3. The van der Waals surface area contributed by atoms with Crippen LogP contribution in [-0.4, -0.2) is 35.0 Å². The van der Waals surface area contributed by atoms with E-state index in [0.717, 1.165) is 12.8 Å². The Labute approximate surface area is 125 Å². The van der Waals surface area contributed by atoms with Gasteiger partial charge in [-0.05, 0) is 30.7 Å². The van der Waals surface area contributed by atoms with Crippen LogP contribution in [0.15, 0.2) is 30.3 Å². The van der Waals surface area contributed by atoms with Crippen LogP contribution in [0.25, 0.3) is 0 Å². The third-order valence-corrected chi connectivity index (χ3v) is 4.31. The van der Waals surface area contributed by atoms with E-state index in [9.17, 15) is 9.59 Å². The lowest BCUT2D eigenvalue weighted by Crippen LogP contribution is -2.42. The molecule has 0 spiro atoms. The number of hydrogen-bond donors (Lipinski definition) is 1. The van der Waals surface area contributed by atoms with Crippen LogP contribution in [0.1, 0.15) is 44.1 Å². The number of nitrogens with zero attached hydrogens (tertiary/aromatic N) is 1. The number of carboxylic acid groups (broad SMARTS) is 1. The van der Waals surface area contributed by atoms with E-state index in [1.165, 1.54) is 5.56 Å². The first kappa shape index (κ1) is 15.5. The van der Waals surface area contributed by atoms with Gasteiger partial charge in [-0.2, -0.15) is 0 Å². The lowest BCUT2D eigenvalue weighted by atomic mass is 9.91. The zero-order valence-electron chi connectivity index (χ0n) is 12.5. The minimum absolute atomic E-state index is 0.0802. The SMILES string of the molecule is CCC(CC(=O)N1CCC[C@H](C(=O)O)C1)c1ccccc1. The smallest absolute Gasteiger partial charge is 0.308 e. The highest BCUT2D eigenvalue weighted by Crippen LogP contribution is 2.25. The Kier molecular flexibility index (Phi) is 5.37. The second kappa shape index (κ2) is 7.25. The molecule has 114 valence electrons. The number of rotatable bonds is 5. The van der Waals surface area contributed by atoms with Gasteiger partial charge in [0.05, 0.1) is 5.92 Å². The fourth-order valence-corrected chi connectivity index (χ4v) is 2.97. The molecular weight excluding hydrogens is 266 g/mol. The Bertz CT molecular complexity index is 486. The first-order chi connectivity index (χ1) is 10.1. The average Bonchev–Trinajstić information content (AvgIpc) is 2.53. The predicted octanol–water partition coefficient (Wildman–Crippen LogP) is 2.89. The Morgan fingerprint density at radius 1 is 1.33 bits per heavy atom. The molecule has 1 aliphatic rings. The predicted molar refractivity (Wildman–Crippen MR) is 81.0 cm³/mol. The van der Waals surface area contributed by atoms with Gasteiger partial charge in [0.2, 0.25) is 5.91 Å². The minimum Gasteiger partial charge on any atom is -0.481 e. The van der Waals surface area contributed by atoms with Crippen LogP contribution in [0, 0.1) is 5.92 Å². The van der Waals surface area contributed by atoms with Crippen LogP contribution in [0.3, 0.4) is 0 Å². The van der Waals surface area contributed by atoms with E-state index < -0.39 is 11.9 Å². The number of carboxylic acids is 1. The Balaban J connectivity index is 1.98. The van der Waals surface area contributed by atoms with Gasteiger partial charge in [-0.25, -0.2) is 0 Å². The van der Waals surface area contributed by atoms with E-state index in [1.807, 2.05) is 18.2 Å². The summed E-state index contributed by atoms with van der Waals surface area (Å²) in [5.74, 6) is -0.900. The summed E-state index contributed by atoms with van der Waals surface area (Å²) < 4.78 is 0. The lowest BCUT2D eigenvalue weighted by molar-refractivity contribution is -0.145. The van der Waals surface area contributed by atoms with Crippen molar-refractivity contribution in [1.82, 2.24) is 4.90 Å². The van der Waals surface area contributed by atoms with E-state index in [-0.39, 0.29) is 11.8 Å². The zero-order chi connectivity index (χ0) is 15.2. The van der Waals surface area contributed by atoms with Crippen molar-refractivity contribution >= 4 is 11.9 Å². The molecule has 1 fully saturated rings. The van der Waals surface area contributed by atoms with Crippen LogP contribution in [0.5, 0.6) is 0 Å². The number of amides is 1. The molecule has 0 saturated carbocycles. The van der Waals surface area contributed by atoms with E-state index in [4.69, 9.17) is 5.11 Å². The normalized spacial score (nSPS) is 20.0. The molecule has 1 aliphatic heterocycles. The van der Waals surface area contributed by atoms with Gasteiger partial charge in [0.1, 0.15) is 0 Å². The number of carbonyl (C=O) groups is 2. The topological polar surface area (TPSA) is 57.6 Å². The van der Waals surface area contributed by atoms with Crippen molar-refractivity contribution in [2.45, 2.75) is 38.5 Å². The molecule has 2 rings (SSSR count). The van der Waals surface area contributed by atoms with E-state index >= 15 is 0 Å². The molecule has 1 unspecified atom stereocenters. The molecule has 1 aromatic rings. The van der Waals surface area contributed by atoms with Gasteiger partial charge in [0.25, 0.3) is 0 Å². The monoisotopic (exact) mass is 289 g/mol. The highest BCUT2D eigenvalue weighted by molar-refractivity contribution is 5.78. The maximum absolute atomic E-state index is 12.4. The van der Waals surface area contributed by atoms with Crippen LogP contribution in [0.4, 0.5) is 0 Å². The van der Waals surface area contributed by atoms with Crippen LogP contribution in [0.2, 0.25) is 0 Å². The molecule has 1 aromatic carbocycles. The van der Waals surface area contributed by atoms with Crippen molar-refractivity contribution in [3.8, 4) is 0 Å². The van der Waals surface area contributed by atoms with Crippen LogP contribution in [-0.2, 0) is 9.59 Å². The van der Waals surface area contributed by atoms with Crippen LogP contribution < -0.4 is 0 Å². The maximum atomic E-state index is 12.4. The Morgan fingerprint density at radius 2 is 2.05 bits per heavy atom. The van der Waals surface area contributed by atoms with Crippen molar-refractivity contribution < 1.29 is 14.7 Å². The summed E-state index contributed by atoms with van der Waals surface area (Å²) in [7, 11) is 0.